The molecule has 0 saturated carbocycles. The fourth-order valence-corrected chi connectivity index (χ4v) is 1.11. The molecule has 0 aliphatic heterocycles. The molecule has 0 heterocycles. The van der Waals surface area contributed by atoms with Crippen LogP contribution >= 0.6 is 11.8 Å². The molecule has 0 aliphatic carbocycles. The van der Waals surface area contributed by atoms with Gasteiger partial charge in [-0.25, -0.2) is 0 Å². The summed E-state index contributed by atoms with van der Waals surface area (Å²) in [7, 11) is 0. The van der Waals surface area contributed by atoms with Crippen LogP contribution in [0.2, 0.25) is 0 Å². The maximum absolute atomic E-state index is 11.4. The van der Waals surface area contributed by atoms with Crippen molar-refractivity contribution in [3.05, 3.63) is 0 Å². The van der Waals surface area contributed by atoms with Gasteiger partial charge in [-0.05, 0) is 20.1 Å². The molecule has 1 unspecified atom stereocenters. The first-order valence-electron chi connectivity index (χ1n) is 4.10. The first kappa shape index (κ1) is 12.0. The molecule has 0 radical (unpaired) electrons. The van der Waals surface area contributed by atoms with Crippen molar-refractivity contribution in [1.29, 1.82) is 0 Å². The molecule has 0 aliphatic rings. The average molecular weight is 190 g/mol. The maximum atomic E-state index is 11.4. The van der Waals surface area contributed by atoms with E-state index >= 15 is 0 Å². The lowest BCUT2D eigenvalue weighted by Gasteiger charge is -2.28. The van der Waals surface area contributed by atoms with Crippen molar-refractivity contribution < 1.29 is 9.90 Å². The van der Waals surface area contributed by atoms with E-state index in [9.17, 15) is 9.90 Å². The molecule has 0 amide bonds. The van der Waals surface area contributed by atoms with Crippen LogP contribution in [0.1, 0.15) is 27.7 Å². The van der Waals surface area contributed by atoms with Gasteiger partial charge in [-0.3, -0.25) is 4.79 Å². The average Bonchev–Trinajstić information content (AvgIpc) is 2.01. The third-order valence-electron chi connectivity index (χ3n) is 2.02. The standard InChI is InChI=1S/C9H18O2S/c1-6(2)7(10)8(11)9(3,4)12-5/h6,8,11H,1-5H3. The summed E-state index contributed by atoms with van der Waals surface area (Å²) in [5.74, 6) is -0.166. The van der Waals surface area contributed by atoms with E-state index in [1.807, 2.05) is 34.0 Å². The molecular weight excluding hydrogens is 172 g/mol. The highest BCUT2D eigenvalue weighted by molar-refractivity contribution is 8.00. The highest BCUT2D eigenvalue weighted by Crippen LogP contribution is 2.27. The van der Waals surface area contributed by atoms with Crippen LogP contribution in [0.25, 0.3) is 0 Å². The molecule has 0 fully saturated rings. The zero-order valence-electron chi connectivity index (χ0n) is 8.42. The normalized spacial score (nSPS) is 14.9. The van der Waals surface area contributed by atoms with E-state index in [-0.39, 0.29) is 16.4 Å². The number of Topliss-reactive ketones (excluding diaryl/α,β-unsaturated/α-hetero) is 1. The predicted octanol–water partition coefficient (Wildman–Crippen LogP) is 1.71. The van der Waals surface area contributed by atoms with Crippen LogP contribution in [-0.4, -0.2) is 28.0 Å². The number of thioether (sulfide) groups is 1. The number of hydrogen-bond acceptors (Lipinski definition) is 3. The van der Waals surface area contributed by atoms with Crippen molar-refractivity contribution in [3.63, 3.8) is 0 Å². The Morgan fingerprint density at radius 3 is 2.08 bits per heavy atom. The number of carbonyl (C=O) groups excluding carboxylic acids is 1. The second-order valence-electron chi connectivity index (χ2n) is 3.77. The minimum absolute atomic E-state index is 0.0747. The molecule has 0 rings (SSSR count). The van der Waals surface area contributed by atoms with Gasteiger partial charge in [-0.2, -0.15) is 11.8 Å². The van der Waals surface area contributed by atoms with Crippen molar-refractivity contribution in [2.24, 2.45) is 5.92 Å². The van der Waals surface area contributed by atoms with Crippen molar-refractivity contribution in [1.82, 2.24) is 0 Å². The SMILES string of the molecule is CSC(C)(C)C(O)C(=O)C(C)C. The Balaban J connectivity index is 4.38. The van der Waals surface area contributed by atoms with Gasteiger partial charge in [0.25, 0.3) is 0 Å². The molecule has 0 bridgehead atoms. The van der Waals surface area contributed by atoms with Gasteiger partial charge in [0.05, 0.1) is 0 Å². The van der Waals surface area contributed by atoms with Gasteiger partial charge in [0.1, 0.15) is 6.10 Å². The Labute approximate surface area is 78.7 Å². The second kappa shape index (κ2) is 4.28. The van der Waals surface area contributed by atoms with Gasteiger partial charge in [-0.15, -0.1) is 0 Å². The lowest BCUT2D eigenvalue weighted by molar-refractivity contribution is -0.131. The molecule has 1 atom stereocenters. The van der Waals surface area contributed by atoms with Crippen LogP contribution in [0.5, 0.6) is 0 Å². The minimum Gasteiger partial charge on any atom is -0.384 e. The summed E-state index contributed by atoms with van der Waals surface area (Å²) in [6.07, 6.45) is 1.05. The summed E-state index contributed by atoms with van der Waals surface area (Å²) in [4.78, 5) is 11.4. The van der Waals surface area contributed by atoms with Crippen LogP contribution in [-0.2, 0) is 4.79 Å². The summed E-state index contributed by atoms with van der Waals surface area (Å²) in [5.41, 5.74) is 0. The van der Waals surface area contributed by atoms with Gasteiger partial charge >= 0.3 is 0 Å². The van der Waals surface area contributed by atoms with Crippen molar-refractivity contribution >= 4 is 17.5 Å². The number of aliphatic hydroxyl groups is 1. The van der Waals surface area contributed by atoms with E-state index in [4.69, 9.17) is 0 Å². The molecule has 3 heteroatoms. The first-order chi connectivity index (χ1) is 5.33. The first-order valence-corrected chi connectivity index (χ1v) is 5.32. The number of carbonyl (C=O) groups is 1. The third kappa shape index (κ3) is 2.79. The zero-order chi connectivity index (χ0) is 9.94. The Kier molecular flexibility index (Phi) is 4.28. The van der Waals surface area contributed by atoms with Gasteiger partial charge < -0.3 is 5.11 Å². The van der Waals surface area contributed by atoms with E-state index in [1.165, 1.54) is 11.8 Å². The summed E-state index contributed by atoms with van der Waals surface area (Å²) in [5, 5.41) is 9.65. The van der Waals surface area contributed by atoms with E-state index in [0.717, 1.165) is 0 Å². The van der Waals surface area contributed by atoms with Crippen molar-refractivity contribution in [2.45, 2.75) is 38.5 Å². The highest BCUT2D eigenvalue weighted by atomic mass is 32.2. The number of rotatable bonds is 4. The Hall–Kier alpha value is -0.0200. The van der Waals surface area contributed by atoms with Gasteiger partial charge in [-0.1, -0.05) is 13.8 Å². The van der Waals surface area contributed by atoms with E-state index in [0.29, 0.717) is 0 Å². The number of hydrogen-bond donors (Lipinski definition) is 1. The molecule has 1 N–H and O–H groups in total. The summed E-state index contributed by atoms with van der Waals surface area (Å²) in [6.45, 7) is 7.37. The number of ketones is 1. The topological polar surface area (TPSA) is 37.3 Å². The molecule has 0 spiro atoms. The lowest BCUT2D eigenvalue weighted by Crippen LogP contribution is -2.41. The lowest BCUT2D eigenvalue weighted by atomic mass is 9.95. The Morgan fingerprint density at radius 2 is 1.83 bits per heavy atom. The van der Waals surface area contributed by atoms with Crippen LogP contribution in [0.15, 0.2) is 0 Å². The van der Waals surface area contributed by atoms with Gasteiger partial charge in [0.15, 0.2) is 5.78 Å². The smallest absolute Gasteiger partial charge is 0.165 e. The van der Waals surface area contributed by atoms with Crippen LogP contribution < -0.4 is 0 Å². The zero-order valence-corrected chi connectivity index (χ0v) is 9.23. The van der Waals surface area contributed by atoms with Crippen molar-refractivity contribution in [2.75, 3.05) is 6.26 Å². The third-order valence-corrected chi connectivity index (χ3v) is 3.30. The maximum Gasteiger partial charge on any atom is 0.165 e. The van der Waals surface area contributed by atoms with Crippen LogP contribution in [0, 0.1) is 5.92 Å². The Bertz CT molecular complexity index is 164. The largest absolute Gasteiger partial charge is 0.384 e. The molecule has 12 heavy (non-hydrogen) atoms. The Morgan fingerprint density at radius 1 is 1.42 bits per heavy atom. The molecule has 0 aromatic heterocycles. The van der Waals surface area contributed by atoms with E-state index < -0.39 is 6.10 Å². The number of aliphatic hydroxyl groups excluding tert-OH is 1. The fraction of sp³-hybridized carbons (Fsp3) is 0.889. The molecule has 2 nitrogen and oxygen atoms in total. The molecular formula is C9H18O2S. The van der Waals surface area contributed by atoms with Gasteiger partial charge in [0.2, 0.25) is 0 Å². The molecule has 0 aromatic carbocycles. The van der Waals surface area contributed by atoms with E-state index in [1.54, 1.807) is 0 Å². The monoisotopic (exact) mass is 190 g/mol. The molecule has 72 valence electrons. The summed E-state index contributed by atoms with van der Waals surface area (Å²) < 4.78 is -0.374. The summed E-state index contributed by atoms with van der Waals surface area (Å²) >= 11 is 1.51. The highest BCUT2D eigenvalue weighted by Gasteiger charge is 2.33. The minimum atomic E-state index is -0.854. The van der Waals surface area contributed by atoms with Gasteiger partial charge in [0, 0.05) is 10.7 Å². The summed E-state index contributed by atoms with van der Waals surface area (Å²) in [6, 6.07) is 0. The fourth-order valence-electron chi connectivity index (χ4n) is 0.770. The molecule has 0 saturated heterocycles. The van der Waals surface area contributed by atoms with Crippen LogP contribution in [0.4, 0.5) is 0 Å². The quantitative estimate of drug-likeness (QED) is 0.733. The second-order valence-corrected chi connectivity index (χ2v) is 5.23. The van der Waals surface area contributed by atoms with Crippen LogP contribution in [0.3, 0.4) is 0 Å². The molecule has 0 aromatic rings. The van der Waals surface area contributed by atoms with Crippen molar-refractivity contribution in [3.8, 4) is 0 Å². The van der Waals surface area contributed by atoms with E-state index in [2.05, 4.69) is 0 Å². The predicted molar refractivity (Wildman–Crippen MR) is 53.4 cm³/mol.